The van der Waals surface area contributed by atoms with Crippen molar-refractivity contribution in [3.8, 4) is 0 Å². The minimum atomic E-state index is 0.381. The van der Waals surface area contributed by atoms with Crippen molar-refractivity contribution in [2.24, 2.45) is 5.92 Å². The molecule has 1 aromatic heterocycles. The third kappa shape index (κ3) is 2.97. The molecule has 1 atom stereocenters. The van der Waals surface area contributed by atoms with Crippen LogP contribution in [0.2, 0.25) is 0 Å². The average molecular weight is 286 g/mol. The number of aromatic amines is 1. The van der Waals surface area contributed by atoms with Gasteiger partial charge in [0.15, 0.2) is 0 Å². The molecule has 21 heavy (non-hydrogen) atoms. The van der Waals surface area contributed by atoms with E-state index in [2.05, 4.69) is 60.8 Å². The van der Waals surface area contributed by atoms with Crippen molar-refractivity contribution in [3.05, 3.63) is 29.6 Å². The molecule has 0 saturated carbocycles. The molecule has 1 N–H and O–H groups in total. The number of rotatable bonds is 3. The molecular formula is C17H26N4. The van der Waals surface area contributed by atoms with E-state index in [9.17, 15) is 0 Å². The van der Waals surface area contributed by atoms with E-state index in [4.69, 9.17) is 4.98 Å². The molecule has 0 radical (unpaired) electrons. The van der Waals surface area contributed by atoms with Crippen LogP contribution < -0.4 is 0 Å². The maximum absolute atomic E-state index is 4.86. The Morgan fingerprint density at radius 3 is 2.52 bits per heavy atom. The first-order valence-electron chi connectivity index (χ1n) is 7.93. The number of benzene rings is 1. The number of H-pyrrole nitrogens is 1. The number of fused-ring (bicyclic) bond motifs is 1. The van der Waals surface area contributed by atoms with Gasteiger partial charge >= 0.3 is 0 Å². The Kier molecular flexibility index (Phi) is 4.00. The van der Waals surface area contributed by atoms with Crippen LogP contribution >= 0.6 is 0 Å². The van der Waals surface area contributed by atoms with Gasteiger partial charge in [0, 0.05) is 26.2 Å². The number of hydrogen-bond acceptors (Lipinski definition) is 3. The molecule has 0 amide bonds. The number of aromatic nitrogens is 2. The van der Waals surface area contributed by atoms with E-state index in [0.29, 0.717) is 12.0 Å². The number of nitrogens with one attached hydrogen (secondary N) is 1. The van der Waals surface area contributed by atoms with Crippen molar-refractivity contribution in [3.63, 3.8) is 0 Å². The van der Waals surface area contributed by atoms with E-state index in [0.717, 1.165) is 43.0 Å². The summed E-state index contributed by atoms with van der Waals surface area (Å²) in [4.78, 5) is 13.4. The second-order valence-electron chi connectivity index (χ2n) is 6.67. The van der Waals surface area contributed by atoms with Crippen LogP contribution in [0.3, 0.4) is 0 Å². The summed E-state index contributed by atoms with van der Waals surface area (Å²) < 4.78 is 0. The van der Waals surface area contributed by atoms with E-state index in [-0.39, 0.29) is 0 Å². The zero-order valence-electron chi connectivity index (χ0n) is 13.6. The van der Waals surface area contributed by atoms with Gasteiger partial charge in [-0.2, -0.15) is 0 Å². The first-order chi connectivity index (χ1) is 10.0. The van der Waals surface area contributed by atoms with Gasteiger partial charge in [-0.15, -0.1) is 0 Å². The highest BCUT2D eigenvalue weighted by Gasteiger charge is 2.28. The fourth-order valence-electron chi connectivity index (χ4n) is 3.29. The second kappa shape index (κ2) is 5.78. The lowest BCUT2D eigenvalue weighted by Gasteiger charge is -2.38. The van der Waals surface area contributed by atoms with Gasteiger partial charge in [-0.1, -0.05) is 19.9 Å². The Bertz CT molecular complexity index is 608. The van der Waals surface area contributed by atoms with Gasteiger partial charge in [-0.25, -0.2) is 4.98 Å². The van der Waals surface area contributed by atoms with Gasteiger partial charge in [0.25, 0.3) is 0 Å². The summed E-state index contributed by atoms with van der Waals surface area (Å²) in [7, 11) is 2.20. The summed E-state index contributed by atoms with van der Waals surface area (Å²) in [6.45, 7) is 11.2. The van der Waals surface area contributed by atoms with E-state index < -0.39 is 0 Å². The smallest absolute Gasteiger partial charge is 0.124 e. The Morgan fingerprint density at radius 2 is 1.86 bits per heavy atom. The first kappa shape index (κ1) is 14.5. The molecule has 1 aliphatic rings. The molecule has 114 valence electrons. The molecule has 0 spiro atoms. The molecule has 0 aliphatic carbocycles. The van der Waals surface area contributed by atoms with Gasteiger partial charge in [0.05, 0.1) is 17.1 Å². The van der Waals surface area contributed by atoms with Crippen LogP contribution in [0.25, 0.3) is 11.0 Å². The van der Waals surface area contributed by atoms with Gasteiger partial charge < -0.3 is 9.88 Å². The minimum Gasteiger partial charge on any atom is -0.341 e. The summed E-state index contributed by atoms with van der Waals surface area (Å²) in [5.41, 5.74) is 3.51. The molecule has 1 aliphatic heterocycles. The van der Waals surface area contributed by atoms with Crippen molar-refractivity contribution in [2.45, 2.75) is 26.8 Å². The molecule has 2 aromatic rings. The van der Waals surface area contributed by atoms with Crippen LogP contribution in [0, 0.1) is 12.8 Å². The number of likely N-dealkylation sites (N-methyl/N-ethyl adjacent to an activating group) is 1. The predicted molar refractivity (Wildman–Crippen MR) is 87.5 cm³/mol. The summed E-state index contributed by atoms with van der Waals surface area (Å²) in [6.07, 6.45) is 0. The van der Waals surface area contributed by atoms with Crippen molar-refractivity contribution in [1.29, 1.82) is 0 Å². The molecular weight excluding hydrogens is 260 g/mol. The fraction of sp³-hybridized carbons (Fsp3) is 0.588. The third-order valence-electron chi connectivity index (χ3n) is 4.50. The Hall–Kier alpha value is -1.39. The Morgan fingerprint density at radius 1 is 1.14 bits per heavy atom. The largest absolute Gasteiger partial charge is 0.341 e. The summed E-state index contributed by atoms with van der Waals surface area (Å²) in [5.74, 6) is 1.67. The highest BCUT2D eigenvalue weighted by Crippen LogP contribution is 2.29. The second-order valence-corrected chi connectivity index (χ2v) is 6.67. The molecule has 2 heterocycles. The van der Waals surface area contributed by atoms with E-state index in [1.54, 1.807) is 0 Å². The zero-order chi connectivity index (χ0) is 15.0. The van der Waals surface area contributed by atoms with E-state index in [1.165, 1.54) is 5.56 Å². The maximum Gasteiger partial charge on any atom is 0.124 e. The first-order valence-corrected chi connectivity index (χ1v) is 7.93. The third-order valence-corrected chi connectivity index (χ3v) is 4.50. The predicted octanol–water partition coefficient (Wildman–Crippen LogP) is 2.82. The quantitative estimate of drug-likeness (QED) is 0.942. The lowest BCUT2D eigenvalue weighted by atomic mass is 10.0. The van der Waals surface area contributed by atoms with E-state index >= 15 is 0 Å². The molecule has 0 bridgehead atoms. The van der Waals surface area contributed by atoms with Crippen LogP contribution in [0.1, 0.15) is 31.3 Å². The van der Waals surface area contributed by atoms with Crippen molar-refractivity contribution in [1.82, 2.24) is 19.8 Å². The molecule has 4 heteroatoms. The van der Waals surface area contributed by atoms with Crippen LogP contribution in [-0.4, -0.2) is 53.0 Å². The summed E-state index contributed by atoms with van der Waals surface area (Å²) >= 11 is 0. The maximum atomic E-state index is 4.86. The monoisotopic (exact) mass is 286 g/mol. The van der Waals surface area contributed by atoms with Crippen molar-refractivity contribution < 1.29 is 0 Å². The van der Waals surface area contributed by atoms with Gasteiger partial charge in [0.1, 0.15) is 5.82 Å². The van der Waals surface area contributed by atoms with E-state index in [1.807, 2.05) is 0 Å². The zero-order valence-corrected chi connectivity index (χ0v) is 13.6. The summed E-state index contributed by atoms with van der Waals surface area (Å²) in [5, 5.41) is 0. The molecule has 1 fully saturated rings. The highest BCUT2D eigenvalue weighted by molar-refractivity contribution is 5.75. The van der Waals surface area contributed by atoms with Crippen LogP contribution in [-0.2, 0) is 0 Å². The van der Waals surface area contributed by atoms with Crippen molar-refractivity contribution in [2.75, 3.05) is 33.2 Å². The standard InChI is InChI=1S/C17H26N4/c1-12(2)16(21-9-7-20(4)8-10-21)17-18-14-6-5-13(3)11-15(14)19-17/h5-6,11-12,16H,7-10H2,1-4H3,(H,18,19). The number of aryl methyl sites for hydroxylation is 1. The van der Waals surface area contributed by atoms with Gasteiger partial charge in [-0.3, -0.25) is 4.90 Å². The van der Waals surface area contributed by atoms with Gasteiger partial charge in [0.2, 0.25) is 0 Å². The molecule has 3 rings (SSSR count). The highest BCUT2D eigenvalue weighted by atomic mass is 15.3. The number of nitrogens with zero attached hydrogens (tertiary/aromatic N) is 3. The summed E-state index contributed by atoms with van der Waals surface area (Å²) in [6, 6.07) is 6.82. The minimum absolute atomic E-state index is 0.381. The Balaban J connectivity index is 1.91. The molecule has 1 saturated heterocycles. The number of piperazine rings is 1. The average Bonchev–Trinajstić information content (AvgIpc) is 2.83. The Labute approximate surface area is 127 Å². The van der Waals surface area contributed by atoms with Crippen LogP contribution in [0.15, 0.2) is 18.2 Å². The topological polar surface area (TPSA) is 35.2 Å². The lowest BCUT2D eigenvalue weighted by Crippen LogP contribution is -2.47. The molecule has 4 nitrogen and oxygen atoms in total. The SMILES string of the molecule is Cc1ccc2nc(C(C(C)C)N3CCN(C)CC3)[nH]c2c1. The van der Waals surface area contributed by atoms with Gasteiger partial charge in [-0.05, 0) is 37.6 Å². The van der Waals surface area contributed by atoms with Crippen molar-refractivity contribution >= 4 is 11.0 Å². The number of imidazole rings is 1. The lowest BCUT2D eigenvalue weighted by molar-refractivity contribution is 0.0843. The van der Waals surface area contributed by atoms with Crippen LogP contribution in [0.4, 0.5) is 0 Å². The van der Waals surface area contributed by atoms with Crippen LogP contribution in [0.5, 0.6) is 0 Å². The number of hydrogen-bond donors (Lipinski definition) is 1. The molecule has 1 aromatic carbocycles. The normalized spacial score (nSPS) is 19.5. The molecule has 1 unspecified atom stereocenters. The fourth-order valence-corrected chi connectivity index (χ4v) is 3.29.